The minimum atomic E-state index is 0.0973. The number of amides is 1. The van der Waals surface area contributed by atoms with Gasteiger partial charge in [-0.15, -0.1) is 11.3 Å². The lowest BCUT2D eigenvalue weighted by atomic mass is 9.97. The van der Waals surface area contributed by atoms with Crippen LogP contribution in [0.3, 0.4) is 0 Å². The van der Waals surface area contributed by atoms with Gasteiger partial charge in [-0.1, -0.05) is 0 Å². The first kappa shape index (κ1) is 12.1. The maximum Gasteiger partial charge on any atom is 0.228 e. The molecule has 5 heteroatoms. The third-order valence-corrected chi connectivity index (χ3v) is 4.75. The van der Waals surface area contributed by atoms with Crippen LogP contribution in [0.15, 0.2) is 11.6 Å². The summed E-state index contributed by atoms with van der Waals surface area (Å²) in [7, 11) is 0. The van der Waals surface area contributed by atoms with Crippen molar-refractivity contribution in [3.8, 4) is 0 Å². The molecule has 2 saturated heterocycles. The highest BCUT2D eigenvalue weighted by Gasteiger charge is 2.32. The molecule has 2 aliphatic rings. The van der Waals surface area contributed by atoms with Crippen molar-refractivity contribution in [1.82, 2.24) is 9.88 Å². The van der Waals surface area contributed by atoms with Gasteiger partial charge in [0.25, 0.3) is 0 Å². The minimum absolute atomic E-state index is 0.0973. The van der Waals surface area contributed by atoms with Crippen LogP contribution < -0.4 is 0 Å². The van der Waals surface area contributed by atoms with Gasteiger partial charge in [0.05, 0.1) is 17.5 Å². The van der Waals surface area contributed by atoms with E-state index >= 15 is 0 Å². The van der Waals surface area contributed by atoms with Gasteiger partial charge in [0, 0.05) is 37.2 Å². The fourth-order valence-corrected chi connectivity index (χ4v) is 3.57. The molecule has 1 aromatic heterocycles. The summed E-state index contributed by atoms with van der Waals surface area (Å²) < 4.78 is 5.31. The first-order valence-corrected chi connectivity index (χ1v) is 7.48. The van der Waals surface area contributed by atoms with Crippen LogP contribution >= 0.6 is 11.3 Å². The monoisotopic (exact) mass is 266 g/mol. The lowest BCUT2D eigenvalue weighted by molar-refractivity contribution is -0.136. The molecule has 3 heterocycles. The summed E-state index contributed by atoms with van der Waals surface area (Å²) in [5.74, 6) is 0.818. The Labute approximate surface area is 111 Å². The Morgan fingerprint density at radius 3 is 3.17 bits per heavy atom. The van der Waals surface area contributed by atoms with E-state index in [0.717, 1.165) is 39.0 Å². The van der Waals surface area contributed by atoms with E-state index in [2.05, 4.69) is 4.98 Å². The molecule has 3 rings (SSSR count). The second-order valence-corrected chi connectivity index (χ2v) is 5.98. The Balaban J connectivity index is 1.64. The summed E-state index contributed by atoms with van der Waals surface area (Å²) in [4.78, 5) is 18.8. The molecule has 0 saturated carbocycles. The summed E-state index contributed by atoms with van der Waals surface area (Å²) in [5, 5.41) is 3.19. The lowest BCUT2D eigenvalue weighted by Crippen LogP contribution is -2.42. The van der Waals surface area contributed by atoms with Crippen molar-refractivity contribution < 1.29 is 9.53 Å². The lowest BCUT2D eigenvalue weighted by Gasteiger charge is -2.33. The second kappa shape index (κ2) is 5.36. The number of piperidine rings is 1. The topological polar surface area (TPSA) is 42.4 Å². The van der Waals surface area contributed by atoms with Gasteiger partial charge in [-0.05, 0) is 19.3 Å². The molecular formula is C13H18N2O2S. The highest BCUT2D eigenvalue weighted by molar-refractivity contribution is 7.09. The molecule has 0 aromatic carbocycles. The van der Waals surface area contributed by atoms with E-state index in [-0.39, 0.29) is 11.8 Å². The van der Waals surface area contributed by atoms with E-state index in [1.807, 2.05) is 16.5 Å². The molecule has 1 amide bonds. The van der Waals surface area contributed by atoms with Gasteiger partial charge in [0.2, 0.25) is 5.91 Å². The summed E-state index contributed by atoms with van der Waals surface area (Å²) in [6.45, 7) is 3.08. The standard InChI is InChI=1S/C13H18N2O2S/c16-13(11-3-6-17-9-11)15-5-1-2-10(8-15)12-14-4-7-18-12/h4,7,10-11H,1-3,5-6,8-9H2/t10-,11-/m1/s1. The van der Waals surface area contributed by atoms with Crippen molar-refractivity contribution in [2.24, 2.45) is 5.92 Å². The Kier molecular flexibility index (Phi) is 3.61. The number of nitrogens with zero attached hydrogens (tertiary/aromatic N) is 2. The van der Waals surface area contributed by atoms with Crippen LogP contribution in [0, 0.1) is 5.92 Å². The molecule has 98 valence electrons. The van der Waals surface area contributed by atoms with Gasteiger partial charge in [-0.3, -0.25) is 4.79 Å². The molecule has 0 unspecified atom stereocenters. The summed E-state index contributed by atoms with van der Waals surface area (Å²) in [6.07, 6.45) is 4.98. The van der Waals surface area contributed by atoms with Crippen LogP contribution in [0.1, 0.15) is 30.2 Å². The van der Waals surface area contributed by atoms with Crippen LogP contribution in [0.25, 0.3) is 0 Å². The SMILES string of the molecule is O=C([C@@H]1CCOC1)N1CCC[C@@H](c2nccs2)C1. The number of carbonyl (C=O) groups excluding carboxylic acids is 1. The van der Waals surface area contributed by atoms with Crippen LogP contribution in [0.4, 0.5) is 0 Å². The normalized spacial score (nSPS) is 28.6. The molecule has 1 aromatic rings. The predicted octanol–water partition coefficient (Wildman–Crippen LogP) is 1.89. The Morgan fingerprint density at radius 1 is 1.50 bits per heavy atom. The van der Waals surface area contributed by atoms with Crippen molar-refractivity contribution in [2.45, 2.75) is 25.2 Å². The number of ether oxygens (including phenoxy) is 1. The number of thiazole rings is 1. The summed E-state index contributed by atoms with van der Waals surface area (Å²) in [5.41, 5.74) is 0. The zero-order valence-corrected chi connectivity index (χ0v) is 11.2. The third-order valence-electron chi connectivity index (χ3n) is 3.81. The Morgan fingerprint density at radius 2 is 2.44 bits per heavy atom. The van der Waals surface area contributed by atoms with Gasteiger partial charge in [0.1, 0.15) is 0 Å². The fourth-order valence-electron chi connectivity index (χ4n) is 2.80. The van der Waals surface area contributed by atoms with Crippen molar-refractivity contribution in [3.05, 3.63) is 16.6 Å². The highest BCUT2D eigenvalue weighted by atomic mass is 32.1. The quantitative estimate of drug-likeness (QED) is 0.821. The van der Waals surface area contributed by atoms with E-state index < -0.39 is 0 Å². The first-order chi connectivity index (χ1) is 8.84. The second-order valence-electron chi connectivity index (χ2n) is 5.05. The van der Waals surface area contributed by atoms with Gasteiger partial charge in [0.15, 0.2) is 0 Å². The smallest absolute Gasteiger partial charge is 0.228 e. The van der Waals surface area contributed by atoms with Crippen LogP contribution in [0.2, 0.25) is 0 Å². The van der Waals surface area contributed by atoms with Crippen molar-refractivity contribution in [1.29, 1.82) is 0 Å². The molecule has 0 spiro atoms. The molecule has 0 N–H and O–H groups in total. The molecule has 2 atom stereocenters. The molecule has 2 aliphatic heterocycles. The molecule has 0 bridgehead atoms. The predicted molar refractivity (Wildman–Crippen MR) is 69.6 cm³/mol. The Bertz CT molecular complexity index is 401. The van der Waals surface area contributed by atoms with E-state index in [9.17, 15) is 4.79 Å². The number of rotatable bonds is 2. The van der Waals surface area contributed by atoms with Crippen LogP contribution in [0.5, 0.6) is 0 Å². The average molecular weight is 266 g/mol. The largest absolute Gasteiger partial charge is 0.381 e. The number of hydrogen-bond acceptors (Lipinski definition) is 4. The maximum atomic E-state index is 12.3. The zero-order valence-electron chi connectivity index (χ0n) is 10.4. The molecule has 0 aliphatic carbocycles. The van der Waals surface area contributed by atoms with Crippen LogP contribution in [-0.4, -0.2) is 42.1 Å². The number of likely N-dealkylation sites (tertiary alicyclic amines) is 1. The average Bonchev–Trinajstić information content (AvgIpc) is 3.11. The van der Waals surface area contributed by atoms with E-state index in [1.54, 1.807) is 11.3 Å². The highest BCUT2D eigenvalue weighted by Crippen LogP contribution is 2.29. The minimum Gasteiger partial charge on any atom is -0.381 e. The van der Waals surface area contributed by atoms with E-state index in [1.165, 1.54) is 5.01 Å². The summed E-state index contributed by atoms with van der Waals surface area (Å²) >= 11 is 1.70. The summed E-state index contributed by atoms with van der Waals surface area (Å²) in [6, 6.07) is 0. The van der Waals surface area contributed by atoms with Crippen molar-refractivity contribution in [3.63, 3.8) is 0 Å². The Hall–Kier alpha value is -0.940. The van der Waals surface area contributed by atoms with E-state index in [0.29, 0.717) is 12.5 Å². The zero-order chi connectivity index (χ0) is 12.4. The van der Waals surface area contributed by atoms with Gasteiger partial charge >= 0.3 is 0 Å². The van der Waals surface area contributed by atoms with Crippen molar-refractivity contribution >= 4 is 17.2 Å². The van der Waals surface area contributed by atoms with Crippen LogP contribution in [-0.2, 0) is 9.53 Å². The first-order valence-electron chi connectivity index (χ1n) is 6.60. The molecule has 4 nitrogen and oxygen atoms in total. The molecular weight excluding hydrogens is 248 g/mol. The number of carbonyl (C=O) groups is 1. The van der Waals surface area contributed by atoms with Gasteiger partial charge < -0.3 is 9.64 Å². The number of aromatic nitrogens is 1. The van der Waals surface area contributed by atoms with Gasteiger partial charge in [-0.2, -0.15) is 0 Å². The fraction of sp³-hybridized carbons (Fsp3) is 0.692. The molecule has 0 radical (unpaired) electrons. The third kappa shape index (κ3) is 2.42. The maximum absolute atomic E-state index is 12.3. The molecule has 18 heavy (non-hydrogen) atoms. The number of hydrogen-bond donors (Lipinski definition) is 0. The molecule has 2 fully saturated rings. The van der Waals surface area contributed by atoms with E-state index in [4.69, 9.17) is 4.74 Å². The van der Waals surface area contributed by atoms with Gasteiger partial charge in [-0.25, -0.2) is 4.98 Å². The van der Waals surface area contributed by atoms with Crippen molar-refractivity contribution in [2.75, 3.05) is 26.3 Å².